The molecule has 0 aliphatic carbocycles. The standard InChI is InChI=1S/C10H11BrO2/c1-13-9(7-11)10(12)8-5-3-2-4-6-8/h2-6,9H,7H2,1H3. The van der Waals surface area contributed by atoms with E-state index >= 15 is 0 Å². The van der Waals surface area contributed by atoms with Crippen LogP contribution >= 0.6 is 15.9 Å². The van der Waals surface area contributed by atoms with E-state index in [1.807, 2.05) is 18.2 Å². The first-order valence-electron chi connectivity index (χ1n) is 3.97. The first kappa shape index (κ1) is 10.4. The molecule has 1 aromatic carbocycles. The number of ketones is 1. The molecule has 0 saturated carbocycles. The summed E-state index contributed by atoms with van der Waals surface area (Å²) in [5, 5.41) is 0.525. The third-order valence-electron chi connectivity index (χ3n) is 1.78. The van der Waals surface area contributed by atoms with Gasteiger partial charge in [-0.25, -0.2) is 0 Å². The van der Waals surface area contributed by atoms with Crippen molar-refractivity contribution in [2.24, 2.45) is 0 Å². The van der Waals surface area contributed by atoms with Gasteiger partial charge in [0.15, 0.2) is 5.78 Å². The molecule has 0 N–H and O–H groups in total. The highest BCUT2D eigenvalue weighted by atomic mass is 79.9. The first-order chi connectivity index (χ1) is 6.29. The molecule has 0 heterocycles. The zero-order chi connectivity index (χ0) is 9.68. The van der Waals surface area contributed by atoms with Crippen LogP contribution in [0.25, 0.3) is 0 Å². The highest BCUT2D eigenvalue weighted by Gasteiger charge is 2.17. The third-order valence-corrected chi connectivity index (χ3v) is 2.36. The lowest BCUT2D eigenvalue weighted by Crippen LogP contribution is -2.24. The van der Waals surface area contributed by atoms with Crippen LogP contribution in [0.15, 0.2) is 30.3 Å². The molecule has 0 bridgehead atoms. The normalized spacial score (nSPS) is 12.5. The lowest BCUT2D eigenvalue weighted by atomic mass is 10.1. The Morgan fingerprint density at radius 1 is 1.46 bits per heavy atom. The van der Waals surface area contributed by atoms with Gasteiger partial charge in [0.2, 0.25) is 0 Å². The van der Waals surface area contributed by atoms with Gasteiger partial charge in [0, 0.05) is 18.0 Å². The Balaban J connectivity index is 2.78. The molecule has 1 unspecified atom stereocenters. The summed E-state index contributed by atoms with van der Waals surface area (Å²) >= 11 is 3.23. The van der Waals surface area contributed by atoms with Crippen LogP contribution in [0.2, 0.25) is 0 Å². The van der Waals surface area contributed by atoms with E-state index < -0.39 is 0 Å². The maximum Gasteiger partial charge on any atom is 0.192 e. The molecule has 0 aliphatic rings. The number of benzene rings is 1. The van der Waals surface area contributed by atoms with Crippen molar-refractivity contribution in [2.45, 2.75) is 6.10 Å². The van der Waals surface area contributed by atoms with Crippen molar-refractivity contribution in [3.05, 3.63) is 35.9 Å². The van der Waals surface area contributed by atoms with Gasteiger partial charge < -0.3 is 4.74 Å². The van der Waals surface area contributed by atoms with Crippen LogP contribution in [0.1, 0.15) is 10.4 Å². The molecule has 0 aliphatic heterocycles. The van der Waals surface area contributed by atoms with Gasteiger partial charge >= 0.3 is 0 Å². The van der Waals surface area contributed by atoms with Crippen molar-refractivity contribution in [3.8, 4) is 0 Å². The number of halogens is 1. The quantitative estimate of drug-likeness (QED) is 0.599. The summed E-state index contributed by atoms with van der Waals surface area (Å²) in [6.45, 7) is 0. The van der Waals surface area contributed by atoms with Crippen molar-refractivity contribution in [1.29, 1.82) is 0 Å². The van der Waals surface area contributed by atoms with E-state index in [4.69, 9.17) is 4.74 Å². The fraction of sp³-hybridized carbons (Fsp3) is 0.300. The number of rotatable bonds is 4. The van der Waals surface area contributed by atoms with Crippen molar-refractivity contribution in [1.82, 2.24) is 0 Å². The van der Waals surface area contributed by atoms with Crippen LogP contribution < -0.4 is 0 Å². The minimum absolute atomic E-state index is 0.0139. The molecule has 1 aromatic rings. The summed E-state index contributed by atoms with van der Waals surface area (Å²) in [4.78, 5) is 11.7. The van der Waals surface area contributed by atoms with Gasteiger partial charge in [-0.3, -0.25) is 4.79 Å². The van der Waals surface area contributed by atoms with Gasteiger partial charge in [-0.05, 0) is 0 Å². The second-order valence-electron chi connectivity index (χ2n) is 2.61. The smallest absolute Gasteiger partial charge is 0.192 e. The van der Waals surface area contributed by atoms with E-state index in [-0.39, 0.29) is 11.9 Å². The topological polar surface area (TPSA) is 26.3 Å². The summed E-state index contributed by atoms with van der Waals surface area (Å²) in [7, 11) is 1.53. The van der Waals surface area contributed by atoms with Crippen LogP contribution in [0.5, 0.6) is 0 Å². The van der Waals surface area contributed by atoms with E-state index in [0.717, 1.165) is 0 Å². The molecule has 0 aromatic heterocycles. The summed E-state index contributed by atoms with van der Waals surface area (Å²) in [6.07, 6.45) is -0.387. The van der Waals surface area contributed by atoms with Crippen molar-refractivity contribution < 1.29 is 9.53 Å². The fourth-order valence-electron chi connectivity index (χ4n) is 1.03. The Morgan fingerprint density at radius 2 is 2.08 bits per heavy atom. The Kier molecular flexibility index (Phi) is 4.12. The lowest BCUT2D eigenvalue weighted by Gasteiger charge is -2.10. The average molecular weight is 243 g/mol. The molecule has 0 saturated heterocycles. The predicted octanol–water partition coefficient (Wildman–Crippen LogP) is 2.28. The number of ether oxygens (including phenoxy) is 1. The Bertz CT molecular complexity index is 268. The highest BCUT2D eigenvalue weighted by molar-refractivity contribution is 9.09. The van der Waals surface area contributed by atoms with Gasteiger partial charge in [-0.15, -0.1) is 0 Å². The third kappa shape index (κ3) is 2.64. The number of Topliss-reactive ketones (excluding diaryl/α,β-unsaturated/α-hetero) is 1. The van der Waals surface area contributed by atoms with Crippen LogP contribution in [-0.4, -0.2) is 24.3 Å². The molecule has 3 heteroatoms. The van der Waals surface area contributed by atoms with Crippen LogP contribution in [0.4, 0.5) is 0 Å². The van der Waals surface area contributed by atoms with Crippen molar-refractivity contribution in [3.63, 3.8) is 0 Å². The molecule has 70 valence electrons. The molecule has 0 fully saturated rings. The van der Waals surface area contributed by atoms with Crippen LogP contribution in [0, 0.1) is 0 Å². The van der Waals surface area contributed by atoms with E-state index in [1.165, 1.54) is 7.11 Å². The first-order valence-corrected chi connectivity index (χ1v) is 5.09. The van der Waals surface area contributed by atoms with Crippen molar-refractivity contribution in [2.75, 3.05) is 12.4 Å². The molecule has 13 heavy (non-hydrogen) atoms. The summed E-state index contributed by atoms with van der Waals surface area (Å²) in [5.41, 5.74) is 0.689. The van der Waals surface area contributed by atoms with Gasteiger partial charge in [-0.1, -0.05) is 46.3 Å². The van der Waals surface area contributed by atoms with Gasteiger partial charge in [0.05, 0.1) is 0 Å². The zero-order valence-electron chi connectivity index (χ0n) is 7.37. The Morgan fingerprint density at radius 3 is 2.54 bits per heavy atom. The van der Waals surface area contributed by atoms with Gasteiger partial charge in [-0.2, -0.15) is 0 Å². The molecular weight excluding hydrogens is 232 g/mol. The molecule has 1 atom stereocenters. The summed E-state index contributed by atoms with van der Waals surface area (Å²) < 4.78 is 5.02. The lowest BCUT2D eigenvalue weighted by molar-refractivity contribution is 0.0670. The average Bonchev–Trinajstić information content (AvgIpc) is 2.21. The minimum Gasteiger partial charge on any atom is -0.372 e. The maximum absolute atomic E-state index is 11.7. The fourth-order valence-corrected chi connectivity index (χ4v) is 1.59. The highest BCUT2D eigenvalue weighted by Crippen LogP contribution is 2.07. The monoisotopic (exact) mass is 242 g/mol. The van der Waals surface area contributed by atoms with E-state index in [0.29, 0.717) is 10.9 Å². The van der Waals surface area contributed by atoms with E-state index in [1.54, 1.807) is 12.1 Å². The number of alkyl halides is 1. The zero-order valence-corrected chi connectivity index (χ0v) is 8.95. The number of carbonyl (C=O) groups is 1. The number of carbonyl (C=O) groups excluding carboxylic acids is 1. The summed E-state index contributed by atoms with van der Waals surface area (Å²) in [6, 6.07) is 9.14. The summed E-state index contributed by atoms with van der Waals surface area (Å²) in [5.74, 6) is 0.0139. The predicted molar refractivity (Wildman–Crippen MR) is 55.4 cm³/mol. The largest absolute Gasteiger partial charge is 0.372 e. The number of hydrogen-bond donors (Lipinski definition) is 0. The molecule has 2 nitrogen and oxygen atoms in total. The SMILES string of the molecule is COC(CBr)C(=O)c1ccccc1. The van der Waals surface area contributed by atoms with Gasteiger partial charge in [0.1, 0.15) is 6.10 Å². The molecular formula is C10H11BrO2. The minimum atomic E-state index is -0.387. The molecule has 0 spiro atoms. The number of methoxy groups -OCH3 is 1. The molecule has 0 amide bonds. The Hall–Kier alpha value is -0.670. The second-order valence-corrected chi connectivity index (χ2v) is 3.26. The molecule has 0 radical (unpaired) electrons. The maximum atomic E-state index is 11.7. The van der Waals surface area contributed by atoms with Crippen LogP contribution in [0.3, 0.4) is 0 Å². The van der Waals surface area contributed by atoms with Crippen molar-refractivity contribution >= 4 is 21.7 Å². The van der Waals surface area contributed by atoms with E-state index in [9.17, 15) is 4.79 Å². The molecule has 1 rings (SSSR count). The Labute approximate surface area is 86.0 Å². The van der Waals surface area contributed by atoms with Crippen LogP contribution in [-0.2, 0) is 4.74 Å². The van der Waals surface area contributed by atoms with E-state index in [2.05, 4.69) is 15.9 Å². The number of hydrogen-bond acceptors (Lipinski definition) is 2. The van der Waals surface area contributed by atoms with Gasteiger partial charge in [0.25, 0.3) is 0 Å². The second kappa shape index (κ2) is 5.14.